The number of amides is 1. The van der Waals surface area contributed by atoms with Crippen LogP contribution in [0.25, 0.3) is 0 Å². The highest BCUT2D eigenvalue weighted by atomic mass is 16.4. The summed E-state index contributed by atoms with van der Waals surface area (Å²) in [6.45, 7) is 4.14. The molecule has 1 aromatic rings. The van der Waals surface area contributed by atoms with Gasteiger partial charge in [0.1, 0.15) is 0 Å². The van der Waals surface area contributed by atoms with E-state index in [9.17, 15) is 4.79 Å². The summed E-state index contributed by atoms with van der Waals surface area (Å²) in [5.74, 6) is 0. The number of carboxylic acid groups (broad SMARTS) is 1. The van der Waals surface area contributed by atoms with Crippen LogP contribution in [0.15, 0.2) is 18.2 Å². The molecule has 1 N–H and O–H groups in total. The molecule has 15 heavy (non-hydrogen) atoms. The molecular weight excluding hydrogens is 190 g/mol. The van der Waals surface area contributed by atoms with Crippen molar-refractivity contribution in [3.8, 4) is 0 Å². The minimum atomic E-state index is -0.926. The van der Waals surface area contributed by atoms with E-state index in [1.807, 2.05) is 12.1 Å². The molecule has 1 rings (SSSR count). The van der Waals surface area contributed by atoms with E-state index in [4.69, 9.17) is 5.11 Å². The van der Waals surface area contributed by atoms with E-state index in [0.29, 0.717) is 0 Å². The molecule has 0 unspecified atom stereocenters. The van der Waals surface area contributed by atoms with E-state index in [2.05, 4.69) is 19.9 Å². The third kappa shape index (κ3) is 2.72. The maximum Gasteiger partial charge on any atom is 0.411 e. The molecular formula is C12H17NO2. The molecule has 0 radical (unpaired) electrons. The molecule has 0 atom stereocenters. The van der Waals surface area contributed by atoms with Crippen LogP contribution in [0.5, 0.6) is 0 Å². The minimum absolute atomic E-state index is 0.749. The summed E-state index contributed by atoms with van der Waals surface area (Å²) in [7, 11) is 1.57. The highest BCUT2D eigenvalue weighted by Crippen LogP contribution is 2.19. The van der Waals surface area contributed by atoms with E-state index < -0.39 is 6.09 Å². The van der Waals surface area contributed by atoms with Gasteiger partial charge in [-0.2, -0.15) is 0 Å². The van der Waals surface area contributed by atoms with Crippen LogP contribution in [0.3, 0.4) is 0 Å². The van der Waals surface area contributed by atoms with Crippen LogP contribution in [-0.4, -0.2) is 18.2 Å². The lowest BCUT2D eigenvalue weighted by atomic mass is 10.1. The zero-order chi connectivity index (χ0) is 11.4. The van der Waals surface area contributed by atoms with E-state index in [1.165, 1.54) is 16.0 Å². The van der Waals surface area contributed by atoms with Crippen molar-refractivity contribution in [1.82, 2.24) is 0 Å². The van der Waals surface area contributed by atoms with Crippen molar-refractivity contribution in [3.63, 3.8) is 0 Å². The topological polar surface area (TPSA) is 40.5 Å². The molecule has 82 valence electrons. The summed E-state index contributed by atoms with van der Waals surface area (Å²) >= 11 is 0. The number of anilines is 1. The van der Waals surface area contributed by atoms with Crippen molar-refractivity contribution in [2.75, 3.05) is 11.9 Å². The van der Waals surface area contributed by atoms with Gasteiger partial charge in [-0.3, -0.25) is 4.90 Å². The Bertz CT molecular complexity index is 338. The van der Waals surface area contributed by atoms with Gasteiger partial charge in [-0.25, -0.2) is 4.79 Å². The first kappa shape index (κ1) is 11.6. The van der Waals surface area contributed by atoms with Crippen molar-refractivity contribution < 1.29 is 9.90 Å². The Kier molecular flexibility index (Phi) is 3.72. The highest BCUT2D eigenvalue weighted by Gasteiger charge is 2.09. The lowest BCUT2D eigenvalue weighted by molar-refractivity contribution is 0.203. The third-order valence-corrected chi connectivity index (χ3v) is 2.53. The maximum absolute atomic E-state index is 10.8. The molecule has 0 aromatic heterocycles. The van der Waals surface area contributed by atoms with Crippen LogP contribution in [0, 0.1) is 0 Å². The second-order valence-corrected chi connectivity index (χ2v) is 3.56. The van der Waals surface area contributed by atoms with E-state index in [-0.39, 0.29) is 0 Å². The Hall–Kier alpha value is -1.51. The lowest BCUT2D eigenvalue weighted by Crippen LogP contribution is -2.23. The molecule has 0 fully saturated rings. The predicted molar refractivity (Wildman–Crippen MR) is 61.6 cm³/mol. The van der Waals surface area contributed by atoms with Crippen LogP contribution in [0.1, 0.15) is 25.0 Å². The van der Waals surface area contributed by atoms with Crippen molar-refractivity contribution in [3.05, 3.63) is 29.3 Å². The number of carbonyl (C=O) groups is 1. The Morgan fingerprint density at radius 3 is 2.00 bits per heavy atom. The number of nitrogens with zero attached hydrogens (tertiary/aromatic N) is 1. The number of benzene rings is 1. The van der Waals surface area contributed by atoms with Gasteiger partial charge in [0.15, 0.2) is 0 Å². The smallest absolute Gasteiger partial charge is 0.411 e. The zero-order valence-corrected chi connectivity index (χ0v) is 9.45. The summed E-state index contributed by atoms with van der Waals surface area (Å²) in [6.07, 6.45) is 0.924. The monoisotopic (exact) mass is 207 g/mol. The number of aryl methyl sites for hydroxylation is 2. The van der Waals surface area contributed by atoms with Crippen LogP contribution in [0.4, 0.5) is 10.5 Å². The summed E-state index contributed by atoms with van der Waals surface area (Å²) < 4.78 is 0. The molecule has 0 spiro atoms. The number of hydrogen-bond donors (Lipinski definition) is 1. The molecule has 3 heteroatoms. The average molecular weight is 207 g/mol. The molecule has 0 saturated heterocycles. The van der Waals surface area contributed by atoms with Gasteiger partial charge >= 0.3 is 6.09 Å². The second-order valence-electron chi connectivity index (χ2n) is 3.56. The maximum atomic E-state index is 10.8. The van der Waals surface area contributed by atoms with Crippen molar-refractivity contribution in [1.29, 1.82) is 0 Å². The predicted octanol–water partition coefficient (Wildman–Crippen LogP) is 2.93. The van der Waals surface area contributed by atoms with Crippen LogP contribution < -0.4 is 4.90 Å². The first-order chi connectivity index (χ1) is 7.08. The molecule has 0 aliphatic heterocycles. The van der Waals surface area contributed by atoms with Crippen molar-refractivity contribution >= 4 is 11.8 Å². The first-order valence-electron chi connectivity index (χ1n) is 5.18. The fraction of sp³-hybridized carbons (Fsp3) is 0.417. The van der Waals surface area contributed by atoms with Gasteiger partial charge in [0.2, 0.25) is 0 Å². The molecule has 1 amide bonds. The fourth-order valence-electron chi connectivity index (χ4n) is 1.46. The van der Waals surface area contributed by atoms with Crippen molar-refractivity contribution in [2.24, 2.45) is 0 Å². The molecule has 0 bridgehead atoms. The Labute approximate surface area is 90.3 Å². The average Bonchev–Trinajstić information content (AvgIpc) is 2.27. The molecule has 0 aliphatic carbocycles. The van der Waals surface area contributed by atoms with Gasteiger partial charge in [-0.05, 0) is 36.1 Å². The van der Waals surface area contributed by atoms with Crippen LogP contribution >= 0.6 is 0 Å². The van der Waals surface area contributed by atoms with Gasteiger partial charge in [-0.15, -0.1) is 0 Å². The highest BCUT2D eigenvalue weighted by molar-refractivity contribution is 5.85. The van der Waals surface area contributed by atoms with Gasteiger partial charge in [-0.1, -0.05) is 19.9 Å². The third-order valence-electron chi connectivity index (χ3n) is 2.53. The largest absolute Gasteiger partial charge is 0.465 e. The van der Waals surface area contributed by atoms with Crippen LogP contribution in [0.2, 0.25) is 0 Å². The van der Waals surface area contributed by atoms with E-state index >= 15 is 0 Å². The summed E-state index contributed by atoms with van der Waals surface area (Å²) in [4.78, 5) is 12.1. The summed E-state index contributed by atoms with van der Waals surface area (Å²) in [5.41, 5.74) is 3.11. The number of rotatable bonds is 3. The molecule has 3 nitrogen and oxygen atoms in total. The normalized spacial score (nSPS) is 10.1. The lowest BCUT2D eigenvalue weighted by Gasteiger charge is -2.15. The van der Waals surface area contributed by atoms with Gasteiger partial charge < -0.3 is 5.11 Å². The molecule has 0 saturated carbocycles. The summed E-state index contributed by atoms with van der Waals surface area (Å²) in [6, 6.07) is 5.97. The SMILES string of the molecule is CCc1cc(CC)cc(N(C)C(=O)O)c1. The Morgan fingerprint density at radius 1 is 1.20 bits per heavy atom. The minimum Gasteiger partial charge on any atom is -0.465 e. The Morgan fingerprint density at radius 2 is 1.67 bits per heavy atom. The molecule has 0 aliphatic rings. The first-order valence-corrected chi connectivity index (χ1v) is 5.18. The molecule has 1 aromatic carbocycles. The van der Waals surface area contributed by atoms with Gasteiger partial charge in [0, 0.05) is 12.7 Å². The van der Waals surface area contributed by atoms with E-state index in [0.717, 1.165) is 18.5 Å². The molecule has 0 heterocycles. The quantitative estimate of drug-likeness (QED) is 0.827. The Balaban J connectivity index is 3.11. The number of hydrogen-bond acceptors (Lipinski definition) is 1. The van der Waals surface area contributed by atoms with Gasteiger partial charge in [0.25, 0.3) is 0 Å². The zero-order valence-electron chi connectivity index (χ0n) is 9.45. The standard InChI is InChI=1S/C12H17NO2/c1-4-9-6-10(5-2)8-11(7-9)13(3)12(14)15/h6-8H,4-5H2,1-3H3,(H,14,15). The van der Waals surface area contributed by atoms with Crippen molar-refractivity contribution in [2.45, 2.75) is 26.7 Å². The van der Waals surface area contributed by atoms with Gasteiger partial charge in [0.05, 0.1) is 0 Å². The summed E-state index contributed by atoms with van der Waals surface area (Å²) in [5, 5.41) is 8.89. The van der Waals surface area contributed by atoms with Crippen LogP contribution in [-0.2, 0) is 12.8 Å². The second kappa shape index (κ2) is 4.82. The fourth-order valence-corrected chi connectivity index (χ4v) is 1.46. The van der Waals surface area contributed by atoms with E-state index in [1.54, 1.807) is 7.05 Å².